The Kier molecular flexibility index (Phi) is 5.16. The van der Waals surface area contributed by atoms with Crippen molar-refractivity contribution in [3.63, 3.8) is 0 Å². The summed E-state index contributed by atoms with van der Waals surface area (Å²) >= 11 is 0. The summed E-state index contributed by atoms with van der Waals surface area (Å²) in [6.45, 7) is 3.18. The van der Waals surface area contributed by atoms with Crippen LogP contribution in [0.25, 0.3) is 0 Å². The van der Waals surface area contributed by atoms with Gasteiger partial charge in [-0.3, -0.25) is 0 Å². The average Bonchev–Trinajstić information content (AvgIpc) is 2.51. The van der Waals surface area contributed by atoms with Gasteiger partial charge in [-0.05, 0) is 43.2 Å². The van der Waals surface area contributed by atoms with Gasteiger partial charge in [0, 0.05) is 6.07 Å². The Morgan fingerprint density at radius 2 is 1.78 bits per heavy atom. The van der Waals surface area contributed by atoms with Crippen LogP contribution in [0.2, 0.25) is 0 Å². The third-order valence-electron chi connectivity index (χ3n) is 3.26. The van der Waals surface area contributed by atoms with Gasteiger partial charge in [0.25, 0.3) is 0 Å². The van der Waals surface area contributed by atoms with Gasteiger partial charge in [0.2, 0.25) is 0 Å². The molecule has 0 saturated carbocycles. The van der Waals surface area contributed by atoms with Gasteiger partial charge >= 0.3 is 6.16 Å². The van der Waals surface area contributed by atoms with E-state index in [4.69, 9.17) is 9.47 Å². The third-order valence-corrected chi connectivity index (χ3v) is 3.26. The molecule has 0 unspecified atom stereocenters. The molecule has 0 aliphatic rings. The first-order valence-corrected chi connectivity index (χ1v) is 6.85. The SMILES string of the molecule is COC(=O)Oc1cccc(F)c1COc1cc(F)c(C)cc1C. The van der Waals surface area contributed by atoms with E-state index < -0.39 is 17.8 Å². The summed E-state index contributed by atoms with van der Waals surface area (Å²) in [5, 5.41) is 0. The zero-order valence-corrected chi connectivity index (χ0v) is 13.0. The number of hydrogen-bond acceptors (Lipinski definition) is 4. The minimum Gasteiger partial charge on any atom is -0.488 e. The number of halogens is 2. The number of rotatable bonds is 4. The zero-order valence-electron chi connectivity index (χ0n) is 13.0. The minimum atomic E-state index is -0.964. The molecule has 0 aliphatic heterocycles. The van der Waals surface area contributed by atoms with Crippen LogP contribution < -0.4 is 9.47 Å². The lowest BCUT2D eigenvalue weighted by Crippen LogP contribution is -2.11. The molecule has 0 atom stereocenters. The fraction of sp³-hybridized carbons (Fsp3) is 0.235. The van der Waals surface area contributed by atoms with Crippen molar-refractivity contribution in [1.29, 1.82) is 0 Å². The first kappa shape index (κ1) is 16.7. The van der Waals surface area contributed by atoms with E-state index in [0.29, 0.717) is 11.3 Å². The highest BCUT2D eigenvalue weighted by atomic mass is 19.1. The standard InChI is InChI=1S/C17H16F2O4/c1-10-7-11(2)16(8-14(10)19)22-9-12-13(18)5-4-6-15(12)23-17(20)21-3/h4-8H,9H2,1-3H3. The predicted molar refractivity (Wildman–Crippen MR) is 79.6 cm³/mol. The Labute approximate surface area is 132 Å². The second kappa shape index (κ2) is 7.09. The number of carbonyl (C=O) groups is 1. The van der Waals surface area contributed by atoms with Crippen molar-refractivity contribution in [3.8, 4) is 11.5 Å². The maximum absolute atomic E-state index is 14.0. The third kappa shape index (κ3) is 3.97. The average molecular weight is 322 g/mol. The van der Waals surface area contributed by atoms with Gasteiger partial charge in [-0.2, -0.15) is 0 Å². The number of ether oxygens (including phenoxy) is 3. The Morgan fingerprint density at radius 3 is 2.48 bits per heavy atom. The van der Waals surface area contributed by atoms with Crippen LogP contribution in [0.1, 0.15) is 16.7 Å². The van der Waals surface area contributed by atoms with Gasteiger partial charge < -0.3 is 14.2 Å². The van der Waals surface area contributed by atoms with Crippen LogP contribution in [0.5, 0.6) is 11.5 Å². The summed E-state index contributed by atoms with van der Waals surface area (Å²) in [7, 11) is 1.15. The lowest BCUT2D eigenvalue weighted by Gasteiger charge is -2.13. The maximum Gasteiger partial charge on any atom is 0.513 e. The Bertz CT molecular complexity index is 729. The van der Waals surface area contributed by atoms with Crippen molar-refractivity contribution in [2.24, 2.45) is 0 Å². The van der Waals surface area contributed by atoms with Crippen LogP contribution >= 0.6 is 0 Å². The molecule has 2 aromatic carbocycles. The summed E-state index contributed by atoms with van der Waals surface area (Å²) in [5.41, 5.74) is 1.25. The van der Waals surface area contributed by atoms with Crippen LogP contribution in [0, 0.1) is 25.5 Å². The molecule has 0 fully saturated rings. The number of methoxy groups -OCH3 is 1. The topological polar surface area (TPSA) is 44.8 Å². The molecule has 0 heterocycles. The van der Waals surface area contributed by atoms with Gasteiger partial charge in [-0.15, -0.1) is 0 Å². The van der Waals surface area contributed by atoms with Gasteiger partial charge in [-0.1, -0.05) is 6.07 Å². The zero-order chi connectivity index (χ0) is 17.0. The van der Waals surface area contributed by atoms with E-state index >= 15 is 0 Å². The highest BCUT2D eigenvalue weighted by Crippen LogP contribution is 2.27. The van der Waals surface area contributed by atoms with Crippen molar-refractivity contribution in [3.05, 3.63) is 58.7 Å². The molecular formula is C17H16F2O4. The molecule has 0 N–H and O–H groups in total. The van der Waals surface area contributed by atoms with Crippen LogP contribution in [-0.2, 0) is 11.3 Å². The number of hydrogen-bond donors (Lipinski definition) is 0. The quantitative estimate of drug-likeness (QED) is 0.622. The van der Waals surface area contributed by atoms with E-state index in [2.05, 4.69) is 4.74 Å². The van der Waals surface area contributed by atoms with Gasteiger partial charge in [-0.25, -0.2) is 13.6 Å². The first-order valence-electron chi connectivity index (χ1n) is 6.85. The molecule has 23 heavy (non-hydrogen) atoms. The molecule has 2 rings (SSSR count). The highest BCUT2D eigenvalue weighted by molar-refractivity contribution is 5.64. The fourth-order valence-corrected chi connectivity index (χ4v) is 2.02. The highest BCUT2D eigenvalue weighted by Gasteiger charge is 2.15. The minimum absolute atomic E-state index is 0.0120. The van der Waals surface area contributed by atoms with E-state index in [1.165, 1.54) is 24.3 Å². The van der Waals surface area contributed by atoms with Crippen LogP contribution in [0.4, 0.5) is 13.6 Å². The van der Waals surface area contributed by atoms with Crippen molar-refractivity contribution in [2.45, 2.75) is 20.5 Å². The van der Waals surface area contributed by atoms with Crippen molar-refractivity contribution < 1.29 is 27.8 Å². The van der Waals surface area contributed by atoms with Crippen LogP contribution in [0.3, 0.4) is 0 Å². The predicted octanol–water partition coefficient (Wildman–Crippen LogP) is 4.31. The fourth-order valence-electron chi connectivity index (χ4n) is 2.02. The summed E-state index contributed by atoms with van der Waals surface area (Å²) in [4.78, 5) is 11.2. The summed E-state index contributed by atoms with van der Waals surface area (Å²) in [5.74, 6) is -0.732. The molecule has 0 aromatic heterocycles. The molecule has 4 nitrogen and oxygen atoms in total. The summed E-state index contributed by atoms with van der Waals surface area (Å²) in [6.07, 6.45) is -0.964. The number of benzene rings is 2. The Balaban J connectivity index is 2.23. The Hall–Kier alpha value is -2.63. The Morgan fingerprint density at radius 1 is 1.04 bits per heavy atom. The molecule has 0 aliphatic carbocycles. The summed E-state index contributed by atoms with van der Waals surface area (Å²) < 4.78 is 42.3. The number of aryl methyl sites for hydroxylation is 2. The molecule has 0 saturated heterocycles. The molecule has 2 aromatic rings. The molecule has 0 spiro atoms. The molecular weight excluding hydrogens is 306 g/mol. The smallest absolute Gasteiger partial charge is 0.488 e. The van der Waals surface area contributed by atoms with Gasteiger partial charge in [0.15, 0.2) is 0 Å². The van der Waals surface area contributed by atoms with Gasteiger partial charge in [0.05, 0.1) is 12.7 Å². The first-order chi connectivity index (χ1) is 10.9. The molecule has 0 amide bonds. The monoisotopic (exact) mass is 322 g/mol. The van der Waals surface area contributed by atoms with E-state index in [0.717, 1.165) is 12.7 Å². The second-order valence-electron chi connectivity index (χ2n) is 4.93. The number of carbonyl (C=O) groups excluding carboxylic acids is 1. The molecule has 0 bridgehead atoms. The van der Waals surface area contributed by atoms with Gasteiger partial charge in [0.1, 0.15) is 29.7 Å². The van der Waals surface area contributed by atoms with E-state index in [-0.39, 0.29) is 17.9 Å². The largest absolute Gasteiger partial charge is 0.513 e. The lowest BCUT2D eigenvalue weighted by molar-refractivity contribution is 0.120. The van der Waals surface area contributed by atoms with Crippen molar-refractivity contribution >= 4 is 6.16 Å². The van der Waals surface area contributed by atoms with E-state index in [1.54, 1.807) is 19.9 Å². The van der Waals surface area contributed by atoms with Crippen molar-refractivity contribution in [2.75, 3.05) is 7.11 Å². The van der Waals surface area contributed by atoms with Crippen LogP contribution in [0.15, 0.2) is 30.3 Å². The normalized spacial score (nSPS) is 10.3. The molecule has 6 heteroatoms. The van der Waals surface area contributed by atoms with E-state index in [9.17, 15) is 13.6 Å². The summed E-state index contributed by atoms with van der Waals surface area (Å²) in [6, 6.07) is 6.91. The maximum atomic E-state index is 14.0. The lowest BCUT2D eigenvalue weighted by atomic mass is 10.1. The van der Waals surface area contributed by atoms with Crippen LogP contribution in [-0.4, -0.2) is 13.3 Å². The van der Waals surface area contributed by atoms with E-state index in [1.807, 2.05) is 0 Å². The van der Waals surface area contributed by atoms with Crippen molar-refractivity contribution in [1.82, 2.24) is 0 Å². The molecule has 122 valence electrons. The second-order valence-corrected chi connectivity index (χ2v) is 4.93. The molecule has 0 radical (unpaired) electrons.